The highest BCUT2D eigenvalue weighted by Gasteiger charge is 2.18. The van der Waals surface area contributed by atoms with E-state index in [9.17, 15) is 4.79 Å². The number of hydrogen-bond donors (Lipinski definition) is 1. The maximum atomic E-state index is 11.9. The van der Waals surface area contributed by atoms with E-state index >= 15 is 0 Å². The zero-order valence-electron chi connectivity index (χ0n) is 11.6. The van der Waals surface area contributed by atoms with Crippen molar-refractivity contribution in [1.29, 1.82) is 0 Å². The maximum Gasteiger partial charge on any atom is 0.231 e. The molecule has 5 nitrogen and oxygen atoms in total. The van der Waals surface area contributed by atoms with Crippen LogP contribution >= 0.6 is 0 Å². The van der Waals surface area contributed by atoms with Crippen molar-refractivity contribution in [2.24, 2.45) is 0 Å². The molecule has 1 N–H and O–H groups in total. The van der Waals surface area contributed by atoms with E-state index in [1.54, 1.807) is 0 Å². The van der Waals surface area contributed by atoms with Crippen LogP contribution < -0.4 is 14.8 Å². The molecule has 20 heavy (non-hydrogen) atoms. The molecule has 0 atom stereocenters. The molecule has 1 saturated heterocycles. The van der Waals surface area contributed by atoms with E-state index < -0.39 is 0 Å². The van der Waals surface area contributed by atoms with E-state index in [1.807, 2.05) is 23.1 Å². The Balaban J connectivity index is 1.44. The molecule has 1 aromatic rings. The quantitative estimate of drug-likeness (QED) is 0.828. The van der Waals surface area contributed by atoms with Gasteiger partial charge in [-0.1, -0.05) is 12.1 Å². The van der Waals surface area contributed by atoms with Crippen molar-refractivity contribution in [3.8, 4) is 11.5 Å². The predicted molar refractivity (Wildman–Crippen MR) is 74.7 cm³/mol. The van der Waals surface area contributed by atoms with E-state index in [2.05, 4.69) is 5.32 Å². The fourth-order valence-corrected chi connectivity index (χ4v) is 2.67. The molecule has 1 aromatic carbocycles. The smallest absolute Gasteiger partial charge is 0.231 e. The van der Waals surface area contributed by atoms with Gasteiger partial charge in [0, 0.05) is 38.2 Å². The Morgan fingerprint density at radius 3 is 2.95 bits per heavy atom. The zero-order chi connectivity index (χ0) is 13.8. The van der Waals surface area contributed by atoms with Crippen molar-refractivity contribution in [3.63, 3.8) is 0 Å². The number of para-hydroxylation sites is 1. The van der Waals surface area contributed by atoms with Gasteiger partial charge in [-0.3, -0.25) is 4.79 Å². The molecule has 3 rings (SSSR count). The number of ether oxygens (including phenoxy) is 2. The molecule has 0 unspecified atom stereocenters. The summed E-state index contributed by atoms with van der Waals surface area (Å²) in [6.07, 6.45) is 2.85. The first-order valence-corrected chi connectivity index (χ1v) is 7.20. The van der Waals surface area contributed by atoms with E-state index in [0.717, 1.165) is 43.0 Å². The van der Waals surface area contributed by atoms with Crippen molar-refractivity contribution in [3.05, 3.63) is 23.8 Å². The Bertz CT molecular complexity index is 484. The largest absolute Gasteiger partial charge is 0.454 e. The van der Waals surface area contributed by atoms with Gasteiger partial charge >= 0.3 is 0 Å². The van der Waals surface area contributed by atoms with Crippen LogP contribution in [0.25, 0.3) is 0 Å². The van der Waals surface area contributed by atoms with Crippen LogP contribution in [0.3, 0.4) is 0 Å². The summed E-state index contributed by atoms with van der Waals surface area (Å²) >= 11 is 0. The Labute approximate surface area is 118 Å². The molecule has 1 fully saturated rings. The molecular formula is C15H20N2O3. The van der Waals surface area contributed by atoms with Crippen molar-refractivity contribution < 1.29 is 14.3 Å². The van der Waals surface area contributed by atoms with Crippen LogP contribution in [-0.4, -0.2) is 37.2 Å². The summed E-state index contributed by atoms with van der Waals surface area (Å²) in [5.41, 5.74) is 1.08. The monoisotopic (exact) mass is 276 g/mol. The summed E-state index contributed by atoms with van der Waals surface area (Å²) in [4.78, 5) is 13.8. The van der Waals surface area contributed by atoms with Crippen molar-refractivity contribution in [2.45, 2.75) is 25.8 Å². The van der Waals surface area contributed by atoms with Gasteiger partial charge in [-0.25, -0.2) is 0 Å². The van der Waals surface area contributed by atoms with Gasteiger partial charge in [0.1, 0.15) is 0 Å². The average Bonchev–Trinajstić information content (AvgIpc) is 3.13. The summed E-state index contributed by atoms with van der Waals surface area (Å²) in [6, 6.07) is 5.88. The molecule has 108 valence electrons. The predicted octanol–water partition coefficient (Wildman–Crippen LogP) is 1.52. The normalized spacial score (nSPS) is 16.7. The molecule has 5 heteroatoms. The van der Waals surface area contributed by atoms with Crippen LogP contribution in [-0.2, 0) is 11.3 Å². The molecule has 1 amide bonds. The molecule has 2 aliphatic rings. The van der Waals surface area contributed by atoms with Crippen LogP contribution in [0.5, 0.6) is 11.5 Å². The second kappa shape index (κ2) is 6.13. The number of hydrogen-bond acceptors (Lipinski definition) is 4. The topological polar surface area (TPSA) is 50.8 Å². The summed E-state index contributed by atoms with van der Waals surface area (Å²) in [5.74, 6) is 1.89. The van der Waals surface area contributed by atoms with Crippen LogP contribution in [0.15, 0.2) is 18.2 Å². The van der Waals surface area contributed by atoms with Gasteiger partial charge in [0.25, 0.3) is 0 Å². The second-order valence-corrected chi connectivity index (χ2v) is 5.17. The highest BCUT2D eigenvalue weighted by atomic mass is 16.7. The molecule has 0 aliphatic carbocycles. The van der Waals surface area contributed by atoms with Gasteiger partial charge in [0.05, 0.1) is 0 Å². The van der Waals surface area contributed by atoms with Gasteiger partial charge in [0.15, 0.2) is 11.5 Å². The number of carbonyl (C=O) groups excluding carboxylic acids is 1. The fraction of sp³-hybridized carbons (Fsp3) is 0.533. The number of fused-ring (bicyclic) bond motifs is 1. The standard InChI is InChI=1S/C15H20N2O3/c18-14(17-8-1-2-9-17)6-7-16-10-12-4-3-5-13-15(12)20-11-19-13/h3-5,16H,1-2,6-11H2. The molecule has 2 heterocycles. The number of nitrogens with one attached hydrogen (secondary N) is 1. The van der Waals surface area contributed by atoms with Crippen LogP contribution in [0, 0.1) is 0 Å². The Hall–Kier alpha value is -1.75. The maximum absolute atomic E-state index is 11.9. The zero-order valence-corrected chi connectivity index (χ0v) is 11.6. The van der Waals surface area contributed by atoms with Gasteiger partial charge in [0.2, 0.25) is 12.7 Å². The van der Waals surface area contributed by atoms with E-state index in [4.69, 9.17) is 9.47 Å². The van der Waals surface area contributed by atoms with Gasteiger partial charge in [-0.15, -0.1) is 0 Å². The lowest BCUT2D eigenvalue weighted by molar-refractivity contribution is -0.130. The van der Waals surface area contributed by atoms with E-state index in [1.165, 1.54) is 0 Å². The minimum absolute atomic E-state index is 0.257. The Morgan fingerprint density at radius 2 is 2.10 bits per heavy atom. The summed E-state index contributed by atoms with van der Waals surface area (Å²) < 4.78 is 10.8. The summed E-state index contributed by atoms with van der Waals surface area (Å²) in [6.45, 7) is 3.53. The molecule has 0 spiro atoms. The first kappa shape index (κ1) is 13.2. The molecule has 0 radical (unpaired) electrons. The average molecular weight is 276 g/mol. The first-order chi connectivity index (χ1) is 9.84. The van der Waals surface area contributed by atoms with Crippen molar-refractivity contribution in [1.82, 2.24) is 10.2 Å². The highest BCUT2D eigenvalue weighted by molar-refractivity contribution is 5.76. The van der Waals surface area contributed by atoms with Gasteiger partial charge in [-0.2, -0.15) is 0 Å². The van der Waals surface area contributed by atoms with Gasteiger partial charge in [-0.05, 0) is 18.9 Å². The van der Waals surface area contributed by atoms with Crippen molar-refractivity contribution >= 4 is 5.91 Å². The van der Waals surface area contributed by atoms with E-state index in [-0.39, 0.29) is 5.91 Å². The minimum atomic E-state index is 0.257. The molecular weight excluding hydrogens is 256 g/mol. The Kier molecular flexibility index (Phi) is 4.06. The third-order valence-corrected chi connectivity index (χ3v) is 3.77. The lowest BCUT2D eigenvalue weighted by Crippen LogP contribution is -2.30. The van der Waals surface area contributed by atoms with Crippen LogP contribution in [0.4, 0.5) is 0 Å². The molecule has 0 saturated carbocycles. The molecule has 0 aromatic heterocycles. The Morgan fingerprint density at radius 1 is 1.25 bits per heavy atom. The third-order valence-electron chi connectivity index (χ3n) is 3.77. The number of amides is 1. The number of likely N-dealkylation sites (tertiary alicyclic amines) is 1. The number of rotatable bonds is 5. The minimum Gasteiger partial charge on any atom is -0.454 e. The van der Waals surface area contributed by atoms with E-state index in [0.29, 0.717) is 26.3 Å². The van der Waals surface area contributed by atoms with Gasteiger partial charge < -0.3 is 19.7 Å². The van der Waals surface area contributed by atoms with Crippen LogP contribution in [0.1, 0.15) is 24.8 Å². The lowest BCUT2D eigenvalue weighted by atomic mass is 10.2. The van der Waals surface area contributed by atoms with Crippen molar-refractivity contribution in [2.75, 3.05) is 26.4 Å². The third kappa shape index (κ3) is 2.88. The second-order valence-electron chi connectivity index (χ2n) is 5.17. The fourth-order valence-electron chi connectivity index (χ4n) is 2.67. The number of nitrogens with zero attached hydrogens (tertiary/aromatic N) is 1. The number of benzene rings is 1. The number of carbonyl (C=O) groups is 1. The first-order valence-electron chi connectivity index (χ1n) is 7.20. The summed E-state index contributed by atoms with van der Waals surface area (Å²) in [5, 5.41) is 3.30. The highest BCUT2D eigenvalue weighted by Crippen LogP contribution is 2.35. The molecule has 0 bridgehead atoms. The lowest BCUT2D eigenvalue weighted by Gasteiger charge is -2.15. The molecule has 2 aliphatic heterocycles. The summed E-state index contributed by atoms with van der Waals surface area (Å²) in [7, 11) is 0. The van der Waals surface area contributed by atoms with Crippen LogP contribution in [0.2, 0.25) is 0 Å². The SMILES string of the molecule is O=C(CCNCc1cccc2c1OCO2)N1CCCC1.